The molecule has 8 nitrogen and oxygen atoms in total. The van der Waals surface area contributed by atoms with Gasteiger partial charge in [0, 0.05) is 30.7 Å². The van der Waals surface area contributed by atoms with E-state index in [9.17, 15) is 9.59 Å². The lowest BCUT2D eigenvalue weighted by Crippen LogP contribution is -2.36. The number of fused-ring (bicyclic) bond motifs is 3. The number of hydrogen-bond donors (Lipinski definition) is 1. The van der Waals surface area contributed by atoms with E-state index in [0.717, 1.165) is 33.7 Å². The maximum Gasteiger partial charge on any atom is 0.247 e. The molecule has 0 radical (unpaired) electrons. The van der Waals surface area contributed by atoms with E-state index in [1.807, 2.05) is 45.0 Å². The van der Waals surface area contributed by atoms with E-state index in [0.29, 0.717) is 22.4 Å². The Kier molecular flexibility index (Phi) is 6.33. The number of rotatable bonds is 4. The lowest BCUT2D eigenvalue weighted by molar-refractivity contribution is -0.118. The molecule has 9 heteroatoms. The Morgan fingerprint density at radius 3 is 2.48 bits per heavy atom. The van der Waals surface area contributed by atoms with Crippen molar-refractivity contribution in [3.8, 4) is 17.1 Å². The average Bonchev–Trinajstić information content (AvgIpc) is 2.89. The molecule has 0 fully saturated rings. The molecule has 33 heavy (non-hydrogen) atoms. The summed E-state index contributed by atoms with van der Waals surface area (Å²) in [4.78, 5) is 30.6. The Morgan fingerprint density at radius 2 is 1.85 bits per heavy atom. The van der Waals surface area contributed by atoms with E-state index in [2.05, 4.69) is 20.5 Å². The predicted molar refractivity (Wildman–Crippen MR) is 128 cm³/mol. The number of nitrogens with one attached hydrogen (secondary N) is 1. The first-order valence-corrected chi connectivity index (χ1v) is 11.6. The highest BCUT2D eigenvalue weighted by molar-refractivity contribution is 7.99. The molecule has 4 rings (SSSR count). The summed E-state index contributed by atoms with van der Waals surface area (Å²) in [5, 5.41) is 12.0. The monoisotopic (exact) mass is 463 g/mol. The molecule has 2 heterocycles. The lowest BCUT2D eigenvalue weighted by Gasteiger charge is -2.31. The van der Waals surface area contributed by atoms with Crippen LogP contribution in [0, 0.1) is 13.8 Å². The summed E-state index contributed by atoms with van der Waals surface area (Å²) >= 11 is 1.47. The largest absolute Gasteiger partial charge is 0.447 e. The minimum atomic E-state index is -0.772. The number of anilines is 2. The average molecular weight is 464 g/mol. The molecule has 0 bridgehead atoms. The molecular weight excluding hydrogens is 438 g/mol. The summed E-state index contributed by atoms with van der Waals surface area (Å²) in [6, 6.07) is 11.2. The van der Waals surface area contributed by atoms with Crippen molar-refractivity contribution in [2.24, 2.45) is 0 Å². The summed E-state index contributed by atoms with van der Waals surface area (Å²) in [6.45, 7) is 8.94. The highest BCUT2D eigenvalue weighted by atomic mass is 32.2. The number of amides is 2. The van der Waals surface area contributed by atoms with Crippen LogP contribution >= 0.6 is 11.8 Å². The van der Waals surface area contributed by atoms with Gasteiger partial charge in [0.05, 0.1) is 5.69 Å². The van der Waals surface area contributed by atoms with Crippen molar-refractivity contribution >= 4 is 35.0 Å². The van der Waals surface area contributed by atoms with Crippen LogP contribution < -0.4 is 15.0 Å². The Morgan fingerprint density at radius 1 is 1.12 bits per heavy atom. The van der Waals surface area contributed by atoms with Gasteiger partial charge in [-0.3, -0.25) is 14.5 Å². The number of carbonyl (C=O) groups excluding carboxylic acids is 2. The number of ether oxygens (including phenoxy) is 1. The van der Waals surface area contributed by atoms with Crippen molar-refractivity contribution in [1.82, 2.24) is 15.2 Å². The Bertz CT molecular complexity index is 1230. The third kappa shape index (κ3) is 4.54. The van der Waals surface area contributed by atoms with Gasteiger partial charge in [-0.15, -0.1) is 10.2 Å². The van der Waals surface area contributed by atoms with Gasteiger partial charge in [-0.25, -0.2) is 0 Å². The topological polar surface area (TPSA) is 97.3 Å². The number of thioether (sulfide) groups is 1. The third-order valence-electron chi connectivity index (χ3n) is 5.16. The van der Waals surface area contributed by atoms with E-state index in [1.54, 1.807) is 17.0 Å². The van der Waals surface area contributed by atoms with E-state index < -0.39 is 6.23 Å². The number of nitrogens with zero attached hydrogens (tertiary/aromatic N) is 4. The molecule has 1 aliphatic rings. The van der Waals surface area contributed by atoms with Crippen molar-refractivity contribution in [3.63, 3.8) is 0 Å². The quantitative estimate of drug-likeness (QED) is 0.562. The van der Waals surface area contributed by atoms with Crippen molar-refractivity contribution in [2.75, 3.05) is 16.0 Å². The Balaban J connectivity index is 1.92. The molecule has 1 N–H and O–H groups in total. The molecular formula is C24H25N5O3S. The highest BCUT2D eigenvalue weighted by Gasteiger charge is 2.35. The Labute approximate surface area is 196 Å². The smallest absolute Gasteiger partial charge is 0.247 e. The predicted octanol–water partition coefficient (Wildman–Crippen LogP) is 4.67. The van der Waals surface area contributed by atoms with E-state index >= 15 is 0 Å². The molecule has 0 spiro atoms. The molecule has 1 atom stereocenters. The van der Waals surface area contributed by atoms with Crippen LogP contribution in [0.15, 0.2) is 41.6 Å². The molecule has 0 saturated carbocycles. The lowest BCUT2D eigenvalue weighted by atomic mass is 10.00. The van der Waals surface area contributed by atoms with Gasteiger partial charge in [0.25, 0.3) is 0 Å². The molecule has 3 aromatic rings. The van der Waals surface area contributed by atoms with Gasteiger partial charge in [0.2, 0.25) is 29.1 Å². The SMILES string of the molecule is CCSc1nnc2c(n1)OC(c1ccc(NC(C)=O)cc1)N(C(C)=O)c1c(C)cc(C)cc1-2. The fourth-order valence-corrected chi connectivity index (χ4v) is 4.45. The highest BCUT2D eigenvalue weighted by Crippen LogP contribution is 2.45. The van der Waals surface area contributed by atoms with E-state index in [4.69, 9.17) is 4.74 Å². The van der Waals surface area contributed by atoms with Crippen molar-refractivity contribution in [1.29, 1.82) is 0 Å². The van der Waals surface area contributed by atoms with Crippen LogP contribution in [0.2, 0.25) is 0 Å². The summed E-state index contributed by atoms with van der Waals surface area (Å²) in [7, 11) is 0. The van der Waals surface area contributed by atoms with Gasteiger partial charge in [0.1, 0.15) is 0 Å². The van der Waals surface area contributed by atoms with Gasteiger partial charge in [-0.2, -0.15) is 4.98 Å². The molecule has 2 amide bonds. The maximum absolute atomic E-state index is 13.0. The third-order valence-corrected chi connectivity index (χ3v) is 5.88. The normalized spacial score (nSPS) is 14.6. The second-order valence-corrected chi connectivity index (χ2v) is 9.05. The van der Waals surface area contributed by atoms with Gasteiger partial charge >= 0.3 is 0 Å². The fourth-order valence-electron chi connectivity index (χ4n) is 3.95. The second kappa shape index (κ2) is 9.19. The van der Waals surface area contributed by atoms with E-state index in [1.165, 1.54) is 25.6 Å². The first-order valence-electron chi connectivity index (χ1n) is 10.6. The first-order chi connectivity index (χ1) is 15.8. The van der Waals surface area contributed by atoms with Gasteiger partial charge < -0.3 is 10.1 Å². The minimum absolute atomic E-state index is 0.156. The van der Waals surface area contributed by atoms with Crippen LogP contribution in [0.4, 0.5) is 11.4 Å². The molecule has 1 unspecified atom stereocenters. The molecule has 170 valence electrons. The summed E-state index contributed by atoms with van der Waals surface area (Å²) < 4.78 is 6.39. The molecule has 0 aliphatic carbocycles. The van der Waals surface area contributed by atoms with Crippen molar-refractivity contribution in [3.05, 3.63) is 53.1 Å². The molecule has 0 saturated heterocycles. The van der Waals surface area contributed by atoms with Crippen molar-refractivity contribution in [2.45, 2.75) is 46.0 Å². The summed E-state index contributed by atoms with van der Waals surface area (Å²) in [6.07, 6.45) is -0.772. The summed E-state index contributed by atoms with van der Waals surface area (Å²) in [5.74, 6) is 0.787. The fraction of sp³-hybridized carbons (Fsp3) is 0.292. The van der Waals surface area contributed by atoms with Crippen LogP contribution in [0.5, 0.6) is 5.88 Å². The zero-order valence-corrected chi connectivity index (χ0v) is 20.0. The van der Waals surface area contributed by atoms with Crippen molar-refractivity contribution < 1.29 is 14.3 Å². The van der Waals surface area contributed by atoms with Crippen LogP contribution in [-0.2, 0) is 9.59 Å². The number of aryl methyl sites for hydroxylation is 2. The molecule has 1 aliphatic heterocycles. The maximum atomic E-state index is 13.0. The van der Waals surface area contributed by atoms with Gasteiger partial charge in [-0.05, 0) is 43.4 Å². The minimum Gasteiger partial charge on any atom is -0.447 e. The number of benzene rings is 2. The molecule has 1 aromatic heterocycles. The standard InChI is InChI=1S/C24H25N5O3S/c1-6-33-24-26-22-20(27-28-24)19-12-13(2)11-14(3)21(19)29(16(5)31)23(32-22)17-7-9-18(10-8-17)25-15(4)30/h7-12,23H,6H2,1-5H3,(H,25,30). The zero-order valence-electron chi connectivity index (χ0n) is 19.2. The second-order valence-electron chi connectivity index (χ2n) is 7.82. The number of hydrogen-bond acceptors (Lipinski definition) is 7. The molecule has 2 aromatic carbocycles. The van der Waals surface area contributed by atoms with Crippen LogP contribution in [-0.4, -0.2) is 32.7 Å². The number of aromatic nitrogens is 3. The Hall–Kier alpha value is -3.46. The van der Waals surface area contributed by atoms with Gasteiger partial charge in [0.15, 0.2) is 5.69 Å². The van der Waals surface area contributed by atoms with E-state index in [-0.39, 0.29) is 11.8 Å². The van der Waals surface area contributed by atoms with Crippen LogP contribution in [0.25, 0.3) is 11.3 Å². The summed E-state index contributed by atoms with van der Waals surface area (Å²) in [5.41, 5.74) is 5.32. The first kappa shape index (κ1) is 22.7. The number of carbonyl (C=O) groups is 2. The zero-order chi connectivity index (χ0) is 23.7. The van der Waals surface area contributed by atoms with Gasteiger partial charge in [-0.1, -0.05) is 42.4 Å². The van der Waals surface area contributed by atoms with Crippen LogP contribution in [0.3, 0.4) is 0 Å². The van der Waals surface area contributed by atoms with Crippen LogP contribution in [0.1, 0.15) is 43.7 Å².